The number of hydrogen-bond donors (Lipinski definition) is 2. The predicted octanol–water partition coefficient (Wildman–Crippen LogP) is 6.36. The van der Waals surface area contributed by atoms with E-state index in [9.17, 15) is 10.2 Å². The lowest BCUT2D eigenvalue weighted by atomic mass is 9.88. The number of phenols is 2. The first-order valence-corrected chi connectivity index (χ1v) is 8.22. The van der Waals surface area contributed by atoms with Crippen molar-refractivity contribution in [3.05, 3.63) is 69.7 Å². The molecule has 0 spiro atoms. The third-order valence-corrected chi connectivity index (χ3v) is 4.70. The van der Waals surface area contributed by atoms with Crippen molar-refractivity contribution in [2.24, 2.45) is 0 Å². The maximum absolute atomic E-state index is 9.69. The summed E-state index contributed by atoms with van der Waals surface area (Å²) in [4.78, 5) is 0. The molecule has 0 heterocycles. The maximum atomic E-state index is 9.69. The fourth-order valence-electron chi connectivity index (χ4n) is 2.88. The number of halogens is 2. The van der Waals surface area contributed by atoms with E-state index in [1.54, 1.807) is 24.3 Å². The largest absolute Gasteiger partial charge is 0.506 e. The van der Waals surface area contributed by atoms with Crippen molar-refractivity contribution in [3.63, 3.8) is 0 Å². The van der Waals surface area contributed by atoms with Crippen LogP contribution >= 0.6 is 23.2 Å². The van der Waals surface area contributed by atoms with Gasteiger partial charge in [-0.2, -0.15) is 0 Å². The molecule has 0 radical (unpaired) electrons. The molecule has 0 aliphatic carbocycles. The monoisotopic (exact) mass is 358 g/mol. The van der Waals surface area contributed by atoms with Crippen LogP contribution in [0.3, 0.4) is 0 Å². The van der Waals surface area contributed by atoms with E-state index >= 15 is 0 Å². The summed E-state index contributed by atoms with van der Waals surface area (Å²) in [6.45, 7) is 4.06. The van der Waals surface area contributed by atoms with Gasteiger partial charge in [0.15, 0.2) is 0 Å². The lowest BCUT2D eigenvalue weighted by Crippen LogP contribution is -1.93. The van der Waals surface area contributed by atoms with Crippen LogP contribution < -0.4 is 0 Å². The number of benzene rings is 3. The summed E-state index contributed by atoms with van der Waals surface area (Å²) in [7, 11) is 0. The molecule has 0 saturated heterocycles. The maximum Gasteiger partial charge on any atom is 0.134 e. The van der Waals surface area contributed by atoms with Gasteiger partial charge in [0.05, 0.1) is 10.0 Å². The van der Waals surface area contributed by atoms with E-state index in [4.69, 9.17) is 23.2 Å². The van der Waals surface area contributed by atoms with Gasteiger partial charge in [0, 0.05) is 0 Å². The minimum Gasteiger partial charge on any atom is -0.506 e. The number of aryl methyl sites for hydroxylation is 2. The molecular weight excluding hydrogens is 343 g/mol. The van der Waals surface area contributed by atoms with Crippen molar-refractivity contribution in [1.82, 2.24) is 0 Å². The van der Waals surface area contributed by atoms with E-state index in [0.29, 0.717) is 10.0 Å². The topological polar surface area (TPSA) is 40.5 Å². The lowest BCUT2D eigenvalue weighted by Gasteiger charge is -2.17. The highest BCUT2D eigenvalue weighted by molar-refractivity contribution is 6.32. The van der Waals surface area contributed by atoms with Crippen LogP contribution in [0.2, 0.25) is 10.0 Å². The molecule has 4 heteroatoms. The Morgan fingerprint density at radius 3 is 1.33 bits per heavy atom. The van der Waals surface area contributed by atoms with Crippen molar-refractivity contribution in [2.75, 3.05) is 0 Å². The molecule has 0 atom stereocenters. The first-order valence-electron chi connectivity index (χ1n) is 7.46. The summed E-state index contributed by atoms with van der Waals surface area (Å²) in [5.74, 6) is 0.111. The zero-order valence-corrected chi connectivity index (χ0v) is 14.8. The van der Waals surface area contributed by atoms with Crippen LogP contribution in [0.1, 0.15) is 11.1 Å². The molecule has 3 rings (SSSR count). The fourth-order valence-corrected chi connectivity index (χ4v) is 3.24. The third-order valence-electron chi connectivity index (χ3n) is 4.09. The van der Waals surface area contributed by atoms with Gasteiger partial charge in [-0.1, -0.05) is 47.5 Å². The molecule has 0 fully saturated rings. The van der Waals surface area contributed by atoms with E-state index < -0.39 is 0 Å². The zero-order valence-electron chi connectivity index (χ0n) is 13.3. The molecule has 2 nitrogen and oxygen atoms in total. The molecule has 2 N–H and O–H groups in total. The van der Waals surface area contributed by atoms with Crippen molar-refractivity contribution >= 4 is 23.2 Å². The highest BCUT2D eigenvalue weighted by atomic mass is 35.5. The molecule has 0 amide bonds. The van der Waals surface area contributed by atoms with Gasteiger partial charge in [0.1, 0.15) is 11.5 Å². The zero-order chi connectivity index (χ0) is 17.4. The van der Waals surface area contributed by atoms with E-state index in [0.717, 1.165) is 33.4 Å². The standard InChI is InChI=1S/C20H16Cl2O2/c1-11-3-4-12(2)20(14-6-8-18(24)16(22)10-14)19(11)13-5-7-17(23)15(21)9-13/h3-10,23-24H,1-2H3. The summed E-state index contributed by atoms with van der Waals surface area (Å²) in [6.07, 6.45) is 0. The Morgan fingerprint density at radius 2 is 1.00 bits per heavy atom. The normalized spacial score (nSPS) is 10.8. The number of rotatable bonds is 2. The summed E-state index contributed by atoms with van der Waals surface area (Å²) < 4.78 is 0. The summed E-state index contributed by atoms with van der Waals surface area (Å²) in [6, 6.07) is 14.5. The third kappa shape index (κ3) is 2.95. The predicted molar refractivity (Wildman–Crippen MR) is 100 cm³/mol. The molecule has 24 heavy (non-hydrogen) atoms. The van der Waals surface area contributed by atoms with Gasteiger partial charge in [-0.3, -0.25) is 0 Å². The number of phenolic OH excluding ortho intramolecular Hbond substituents is 2. The van der Waals surface area contributed by atoms with Gasteiger partial charge in [-0.15, -0.1) is 0 Å². The van der Waals surface area contributed by atoms with Crippen LogP contribution in [-0.4, -0.2) is 10.2 Å². The second-order valence-corrected chi connectivity index (χ2v) is 6.60. The fraction of sp³-hybridized carbons (Fsp3) is 0.100. The van der Waals surface area contributed by atoms with E-state index in [2.05, 4.69) is 12.1 Å². The highest BCUT2D eigenvalue weighted by Gasteiger charge is 2.15. The van der Waals surface area contributed by atoms with Gasteiger partial charge >= 0.3 is 0 Å². The quantitative estimate of drug-likeness (QED) is 0.559. The van der Waals surface area contributed by atoms with Crippen LogP contribution in [0.4, 0.5) is 0 Å². The Balaban J connectivity index is 2.31. The smallest absolute Gasteiger partial charge is 0.134 e. The minimum atomic E-state index is 0.0555. The first-order chi connectivity index (χ1) is 11.4. The molecule has 0 unspecified atom stereocenters. The SMILES string of the molecule is Cc1ccc(C)c(-c2ccc(O)c(Cl)c2)c1-c1ccc(O)c(Cl)c1. The average Bonchev–Trinajstić information content (AvgIpc) is 2.55. The van der Waals surface area contributed by atoms with Gasteiger partial charge in [-0.25, -0.2) is 0 Å². The average molecular weight is 359 g/mol. The Kier molecular flexibility index (Phi) is 4.44. The van der Waals surface area contributed by atoms with Crippen molar-refractivity contribution in [2.45, 2.75) is 13.8 Å². The molecular formula is C20H16Cl2O2. The number of hydrogen-bond acceptors (Lipinski definition) is 2. The molecule has 0 aliphatic rings. The first kappa shape index (κ1) is 16.7. The second kappa shape index (κ2) is 6.39. The minimum absolute atomic E-state index is 0.0555. The van der Waals surface area contributed by atoms with Crippen LogP contribution in [0.25, 0.3) is 22.3 Å². The molecule has 0 bridgehead atoms. The Bertz CT molecular complexity index is 857. The Hall–Kier alpha value is -2.16. The molecule has 3 aromatic carbocycles. The Labute approximate surface area is 150 Å². The molecule has 0 aromatic heterocycles. The Morgan fingerprint density at radius 1 is 0.625 bits per heavy atom. The van der Waals surface area contributed by atoms with Crippen LogP contribution in [-0.2, 0) is 0 Å². The van der Waals surface area contributed by atoms with Crippen molar-refractivity contribution in [3.8, 4) is 33.8 Å². The van der Waals surface area contributed by atoms with Gasteiger partial charge in [0.25, 0.3) is 0 Å². The van der Waals surface area contributed by atoms with Crippen molar-refractivity contribution < 1.29 is 10.2 Å². The molecule has 0 aliphatic heterocycles. The molecule has 122 valence electrons. The van der Waals surface area contributed by atoms with E-state index in [-0.39, 0.29) is 11.5 Å². The van der Waals surface area contributed by atoms with Crippen LogP contribution in [0.5, 0.6) is 11.5 Å². The van der Waals surface area contributed by atoms with Crippen LogP contribution in [0, 0.1) is 13.8 Å². The summed E-state index contributed by atoms with van der Waals surface area (Å²) in [5, 5.41) is 20.0. The molecule has 0 saturated carbocycles. The summed E-state index contributed by atoms with van der Waals surface area (Å²) in [5.41, 5.74) is 6.05. The van der Waals surface area contributed by atoms with E-state index in [1.165, 1.54) is 0 Å². The van der Waals surface area contributed by atoms with Crippen molar-refractivity contribution in [1.29, 1.82) is 0 Å². The van der Waals surface area contributed by atoms with Crippen LogP contribution in [0.15, 0.2) is 48.5 Å². The molecule has 3 aromatic rings. The second-order valence-electron chi connectivity index (χ2n) is 5.78. The lowest BCUT2D eigenvalue weighted by molar-refractivity contribution is 0.475. The van der Waals surface area contributed by atoms with Gasteiger partial charge in [0.2, 0.25) is 0 Å². The van der Waals surface area contributed by atoms with E-state index in [1.807, 2.05) is 26.0 Å². The number of aromatic hydroxyl groups is 2. The summed E-state index contributed by atoms with van der Waals surface area (Å²) >= 11 is 12.2. The highest BCUT2D eigenvalue weighted by Crippen LogP contribution is 2.41. The van der Waals surface area contributed by atoms with Gasteiger partial charge < -0.3 is 10.2 Å². The van der Waals surface area contributed by atoms with Gasteiger partial charge in [-0.05, 0) is 71.5 Å².